The zero-order chi connectivity index (χ0) is 9.80. The Balaban J connectivity index is 2.45. The van der Waals surface area contributed by atoms with E-state index in [-0.39, 0.29) is 6.54 Å². The van der Waals surface area contributed by atoms with Gasteiger partial charge in [-0.1, -0.05) is 24.3 Å². The van der Waals surface area contributed by atoms with Crippen LogP contribution in [0.4, 0.5) is 5.69 Å². The van der Waals surface area contributed by atoms with Crippen molar-refractivity contribution in [2.24, 2.45) is 5.10 Å². The van der Waals surface area contributed by atoms with Gasteiger partial charge in [-0.25, -0.2) is 0 Å². The van der Waals surface area contributed by atoms with E-state index in [0.717, 1.165) is 11.3 Å². The summed E-state index contributed by atoms with van der Waals surface area (Å²) in [5.41, 5.74) is 2.05. The van der Waals surface area contributed by atoms with Gasteiger partial charge < -0.3 is 0 Å². The third kappa shape index (κ3) is 1.50. The van der Waals surface area contributed by atoms with Crippen LogP contribution in [0.15, 0.2) is 35.4 Å². The normalized spacial score (nSPS) is 13.2. The Morgan fingerprint density at radius 3 is 3.07 bits per heavy atom. The van der Waals surface area contributed by atoms with Crippen molar-refractivity contribution < 1.29 is 0 Å². The number of nitrogens with zero attached hydrogens (tertiary/aromatic N) is 3. The van der Waals surface area contributed by atoms with Crippen molar-refractivity contribution in [1.82, 2.24) is 0 Å². The van der Waals surface area contributed by atoms with E-state index in [1.165, 1.54) is 0 Å². The van der Waals surface area contributed by atoms with Crippen LogP contribution >= 0.6 is 0 Å². The lowest BCUT2D eigenvalue weighted by Gasteiger charge is -2.16. The zero-order valence-electron chi connectivity index (χ0n) is 7.59. The fourth-order valence-corrected chi connectivity index (χ4v) is 1.38. The molecule has 0 N–H and O–H groups in total. The molecule has 14 heavy (non-hydrogen) atoms. The Morgan fingerprint density at radius 2 is 2.21 bits per heavy atom. The van der Waals surface area contributed by atoms with E-state index in [9.17, 15) is 0 Å². The predicted octanol–water partition coefficient (Wildman–Crippen LogP) is 2.03. The van der Waals surface area contributed by atoms with Crippen molar-refractivity contribution in [3.8, 4) is 6.07 Å². The van der Waals surface area contributed by atoms with Crippen molar-refractivity contribution in [2.75, 3.05) is 11.6 Å². The largest absolute Gasteiger partial charge is 0.251 e. The number of benzene rings is 1. The van der Waals surface area contributed by atoms with Gasteiger partial charge in [-0.2, -0.15) is 10.4 Å². The number of allylic oxidation sites excluding steroid dienone is 1. The van der Waals surface area contributed by atoms with Crippen molar-refractivity contribution in [3.63, 3.8) is 0 Å². The second-order valence-electron chi connectivity index (χ2n) is 2.90. The lowest BCUT2D eigenvalue weighted by atomic mass is 10.1. The minimum Gasteiger partial charge on any atom is -0.251 e. The van der Waals surface area contributed by atoms with Gasteiger partial charge in [0.2, 0.25) is 0 Å². The van der Waals surface area contributed by atoms with Crippen LogP contribution in [0.25, 0.3) is 6.08 Å². The fourth-order valence-electron chi connectivity index (χ4n) is 1.38. The smallest absolute Gasteiger partial charge is 0.128 e. The van der Waals surface area contributed by atoms with Gasteiger partial charge in [-0.05, 0) is 17.7 Å². The van der Waals surface area contributed by atoms with Gasteiger partial charge in [0, 0.05) is 6.21 Å². The van der Waals surface area contributed by atoms with Crippen LogP contribution in [0, 0.1) is 11.3 Å². The first kappa shape index (κ1) is 8.52. The summed E-state index contributed by atoms with van der Waals surface area (Å²) in [4.78, 5) is 0. The summed E-state index contributed by atoms with van der Waals surface area (Å²) in [6.45, 7) is 0.273. The van der Waals surface area contributed by atoms with E-state index < -0.39 is 0 Å². The van der Waals surface area contributed by atoms with E-state index in [1.807, 2.05) is 36.4 Å². The Labute approximate surface area is 82.6 Å². The second kappa shape index (κ2) is 3.75. The topological polar surface area (TPSA) is 39.4 Å². The van der Waals surface area contributed by atoms with Gasteiger partial charge in [0.05, 0.1) is 11.8 Å². The van der Waals surface area contributed by atoms with Crippen molar-refractivity contribution in [2.45, 2.75) is 0 Å². The monoisotopic (exact) mass is 183 g/mol. The van der Waals surface area contributed by atoms with E-state index >= 15 is 0 Å². The highest BCUT2D eigenvalue weighted by Gasteiger charge is 2.08. The zero-order valence-corrected chi connectivity index (χ0v) is 7.59. The molecule has 0 spiro atoms. The van der Waals surface area contributed by atoms with Gasteiger partial charge in [0.25, 0.3) is 0 Å². The Kier molecular flexibility index (Phi) is 2.28. The summed E-state index contributed by atoms with van der Waals surface area (Å²) >= 11 is 0. The highest BCUT2D eigenvalue weighted by atomic mass is 15.4. The molecule has 0 radical (unpaired) electrons. The van der Waals surface area contributed by atoms with Crippen LogP contribution in [0.3, 0.4) is 0 Å². The average Bonchev–Trinajstić information content (AvgIpc) is 2.42. The van der Waals surface area contributed by atoms with Crippen LogP contribution in [0.2, 0.25) is 0 Å². The van der Waals surface area contributed by atoms with E-state index in [0.29, 0.717) is 0 Å². The molecule has 68 valence electrons. The molecule has 1 aromatic carbocycles. The lowest BCUT2D eigenvalue weighted by molar-refractivity contribution is 0.953. The van der Waals surface area contributed by atoms with Crippen LogP contribution in [0.5, 0.6) is 0 Å². The Bertz CT molecular complexity index is 426. The number of rotatable bonds is 1. The molecule has 1 heterocycles. The fraction of sp³-hybridized carbons (Fsp3) is 0.0909. The summed E-state index contributed by atoms with van der Waals surface area (Å²) in [5.74, 6) is 0. The van der Waals surface area contributed by atoms with Gasteiger partial charge in [0.1, 0.15) is 6.54 Å². The summed E-state index contributed by atoms with van der Waals surface area (Å²) in [6.07, 6.45) is 5.55. The molecule has 0 bridgehead atoms. The molecular weight excluding hydrogens is 174 g/mol. The molecule has 2 rings (SSSR count). The number of hydrogen-bond donors (Lipinski definition) is 0. The number of para-hydroxylation sites is 1. The average molecular weight is 183 g/mol. The van der Waals surface area contributed by atoms with E-state index in [1.54, 1.807) is 11.2 Å². The molecule has 0 aliphatic carbocycles. The number of fused-ring (bicyclic) bond motifs is 1. The van der Waals surface area contributed by atoms with Gasteiger partial charge in [-0.3, -0.25) is 5.01 Å². The predicted molar refractivity (Wildman–Crippen MR) is 56.9 cm³/mol. The maximum absolute atomic E-state index is 8.65. The Hall–Kier alpha value is -2.08. The summed E-state index contributed by atoms with van der Waals surface area (Å²) in [6, 6.07) is 9.97. The third-order valence-corrected chi connectivity index (χ3v) is 2.00. The molecule has 1 aliphatic heterocycles. The number of anilines is 1. The van der Waals surface area contributed by atoms with Crippen molar-refractivity contribution >= 4 is 18.0 Å². The van der Waals surface area contributed by atoms with Crippen LogP contribution in [-0.4, -0.2) is 12.8 Å². The maximum atomic E-state index is 8.65. The summed E-state index contributed by atoms with van der Waals surface area (Å²) < 4.78 is 0. The molecule has 0 amide bonds. The lowest BCUT2D eigenvalue weighted by Crippen LogP contribution is -2.16. The minimum atomic E-state index is 0.273. The van der Waals surface area contributed by atoms with Crippen LogP contribution in [-0.2, 0) is 0 Å². The molecule has 3 nitrogen and oxygen atoms in total. The SMILES string of the molecule is N#CCN1N=CC=Cc2ccccc21. The second-order valence-corrected chi connectivity index (χ2v) is 2.90. The standard InChI is InChI=1S/C11H9N3/c12-7-9-14-11-6-2-1-4-10(11)5-3-8-13-14/h1-6,8H,9H2. The molecule has 0 unspecified atom stereocenters. The van der Waals surface area contributed by atoms with Crippen LogP contribution < -0.4 is 5.01 Å². The molecule has 3 heteroatoms. The molecular formula is C11H9N3. The number of hydrogen-bond acceptors (Lipinski definition) is 3. The van der Waals surface area contributed by atoms with E-state index in [4.69, 9.17) is 5.26 Å². The number of nitriles is 1. The molecule has 0 atom stereocenters. The Morgan fingerprint density at radius 1 is 1.36 bits per heavy atom. The molecule has 1 aromatic rings. The van der Waals surface area contributed by atoms with Gasteiger partial charge in [0.15, 0.2) is 0 Å². The van der Waals surface area contributed by atoms with Gasteiger partial charge >= 0.3 is 0 Å². The first-order valence-electron chi connectivity index (χ1n) is 4.36. The van der Waals surface area contributed by atoms with E-state index in [2.05, 4.69) is 11.2 Å². The molecule has 1 aliphatic rings. The molecule has 0 aromatic heterocycles. The third-order valence-electron chi connectivity index (χ3n) is 2.00. The number of hydrazone groups is 1. The molecule has 0 fully saturated rings. The first-order chi connectivity index (χ1) is 6.92. The summed E-state index contributed by atoms with van der Waals surface area (Å²) in [5, 5.41) is 14.5. The van der Waals surface area contributed by atoms with Crippen molar-refractivity contribution in [3.05, 3.63) is 35.9 Å². The van der Waals surface area contributed by atoms with Crippen LogP contribution in [0.1, 0.15) is 5.56 Å². The minimum absolute atomic E-state index is 0.273. The highest BCUT2D eigenvalue weighted by Crippen LogP contribution is 2.22. The quantitative estimate of drug-likeness (QED) is 0.625. The van der Waals surface area contributed by atoms with Crippen molar-refractivity contribution in [1.29, 1.82) is 5.26 Å². The molecule has 0 saturated carbocycles. The summed E-state index contributed by atoms with van der Waals surface area (Å²) in [7, 11) is 0. The van der Waals surface area contributed by atoms with Gasteiger partial charge in [-0.15, -0.1) is 0 Å². The molecule has 0 saturated heterocycles. The maximum Gasteiger partial charge on any atom is 0.128 e. The first-order valence-corrected chi connectivity index (χ1v) is 4.36. The highest BCUT2D eigenvalue weighted by molar-refractivity contribution is 5.84.